The molecule has 0 radical (unpaired) electrons. The van der Waals surface area contributed by atoms with Crippen LogP contribution in [0.5, 0.6) is 0 Å². The van der Waals surface area contributed by atoms with Crippen molar-refractivity contribution in [3.8, 4) is 0 Å². The second-order valence-electron chi connectivity index (χ2n) is 5.63. The Hall–Kier alpha value is -0.860. The summed E-state index contributed by atoms with van der Waals surface area (Å²) in [4.78, 5) is 25.2. The molecule has 0 N–H and O–H groups in total. The third-order valence-corrected chi connectivity index (χ3v) is 4.56. The third-order valence-electron chi connectivity index (χ3n) is 4.56. The summed E-state index contributed by atoms with van der Waals surface area (Å²) in [5.41, 5.74) is 0.193. The van der Waals surface area contributed by atoms with Crippen LogP contribution in [0.25, 0.3) is 0 Å². The molecule has 3 heteroatoms. The predicted octanol–water partition coefficient (Wildman–Crippen LogP) is 2.89. The molecule has 2 rings (SSSR count). The molecule has 0 bridgehead atoms. The molecule has 0 spiro atoms. The Balaban J connectivity index is 1.98. The molecule has 1 aliphatic carbocycles. The SMILES string of the molecule is CCC1(CC(=O)N2CCCC2=O)CCCCC1. The summed E-state index contributed by atoms with van der Waals surface area (Å²) in [5.74, 6) is 0.119. The van der Waals surface area contributed by atoms with E-state index in [0.29, 0.717) is 19.4 Å². The first kappa shape index (κ1) is 12.6. The molecule has 1 saturated carbocycles. The van der Waals surface area contributed by atoms with Crippen molar-refractivity contribution >= 4 is 11.8 Å². The lowest BCUT2D eigenvalue weighted by atomic mass is 9.70. The number of carbonyl (C=O) groups excluding carboxylic acids is 2. The zero-order valence-electron chi connectivity index (χ0n) is 10.8. The summed E-state index contributed by atoms with van der Waals surface area (Å²) < 4.78 is 0. The number of imide groups is 1. The molecule has 17 heavy (non-hydrogen) atoms. The molecule has 0 aromatic heterocycles. The lowest BCUT2D eigenvalue weighted by Crippen LogP contribution is -2.37. The number of likely N-dealkylation sites (tertiary alicyclic amines) is 1. The molecule has 0 aromatic carbocycles. The lowest BCUT2D eigenvalue weighted by Gasteiger charge is -2.36. The van der Waals surface area contributed by atoms with Gasteiger partial charge in [-0.2, -0.15) is 0 Å². The van der Waals surface area contributed by atoms with E-state index in [4.69, 9.17) is 0 Å². The molecule has 0 unspecified atom stereocenters. The average Bonchev–Trinajstić information content (AvgIpc) is 2.77. The molecular weight excluding hydrogens is 214 g/mol. The number of hydrogen-bond donors (Lipinski definition) is 0. The quantitative estimate of drug-likeness (QED) is 0.757. The van der Waals surface area contributed by atoms with Gasteiger partial charge >= 0.3 is 0 Å². The van der Waals surface area contributed by atoms with E-state index in [9.17, 15) is 9.59 Å². The first-order chi connectivity index (χ1) is 8.17. The fraction of sp³-hybridized carbons (Fsp3) is 0.857. The Morgan fingerprint density at radius 1 is 1.24 bits per heavy atom. The van der Waals surface area contributed by atoms with Gasteiger partial charge in [-0.15, -0.1) is 0 Å². The molecule has 2 amide bonds. The highest BCUT2D eigenvalue weighted by atomic mass is 16.2. The topological polar surface area (TPSA) is 37.4 Å². The van der Waals surface area contributed by atoms with Crippen LogP contribution in [0.2, 0.25) is 0 Å². The summed E-state index contributed by atoms with van der Waals surface area (Å²) in [7, 11) is 0. The fourth-order valence-electron chi connectivity index (χ4n) is 3.29. The highest BCUT2D eigenvalue weighted by molar-refractivity contribution is 5.96. The van der Waals surface area contributed by atoms with E-state index in [-0.39, 0.29) is 17.2 Å². The second kappa shape index (κ2) is 5.19. The van der Waals surface area contributed by atoms with Crippen molar-refractivity contribution in [2.45, 2.75) is 64.7 Å². The predicted molar refractivity (Wildman–Crippen MR) is 66.4 cm³/mol. The van der Waals surface area contributed by atoms with E-state index < -0.39 is 0 Å². The summed E-state index contributed by atoms with van der Waals surface area (Å²) in [5, 5.41) is 0. The van der Waals surface area contributed by atoms with E-state index in [1.54, 1.807) is 0 Å². The first-order valence-electron chi connectivity index (χ1n) is 7.00. The van der Waals surface area contributed by atoms with Crippen molar-refractivity contribution in [2.75, 3.05) is 6.54 Å². The van der Waals surface area contributed by atoms with Crippen LogP contribution in [-0.2, 0) is 9.59 Å². The molecule has 1 saturated heterocycles. The van der Waals surface area contributed by atoms with Gasteiger partial charge in [0.2, 0.25) is 11.8 Å². The number of rotatable bonds is 3. The summed E-state index contributed by atoms with van der Waals surface area (Å²) >= 11 is 0. The van der Waals surface area contributed by atoms with Crippen LogP contribution in [0.15, 0.2) is 0 Å². The summed E-state index contributed by atoms with van der Waals surface area (Å²) in [6.07, 6.45) is 9.20. The van der Waals surface area contributed by atoms with Crippen molar-refractivity contribution in [2.24, 2.45) is 5.41 Å². The molecule has 0 aromatic rings. The van der Waals surface area contributed by atoms with Crippen molar-refractivity contribution in [3.63, 3.8) is 0 Å². The highest BCUT2D eigenvalue weighted by Gasteiger charge is 2.36. The molecule has 3 nitrogen and oxygen atoms in total. The zero-order chi connectivity index (χ0) is 12.3. The monoisotopic (exact) mass is 237 g/mol. The Bertz CT molecular complexity index is 305. The van der Waals surface area contributed by atoms with Crippen molar-refractivity contribution in [3.05, 3.63) is 0 Å². The van der Waals surface area contributed by atoms with Gasteiger partial charge < -0.3 is 0 Å². The van der Waals surface area contributed by atoms with Crippen molar-refractivity contribution in [1.82, 2.24) is 4.90 Å². The van der Waals surface area contributed by atoms with Gasteiger partial charge in [-0.1, -0.05) is 26.2 Å². The Morgan fingerprint density at radius 3 is 2.47 bits per heavy atom. The van der Waals surface area contributed by atoms with Crippen LogP contribution in [0.3, 0.4) is 0 Å². The summed E-state index contributed by atoms with van der Waals surface area (Å²) in [6.45, 7) is 2.84. The molecule has 1 heterocycles. The minimum atomic E-state index is 0.0389. The summed E-state index contributed by atoms with van der Waals surface area (Å²) in [6, 6.07) is 0. The van der Waals surface area contributed by atoms with Crippen molar-refractivity contribution < 1.29 is 9.59 Å². The van der Waals surface area contributed by atoms with Gasteiger partial charge in [0.15, 0.2) is 0 Å². The maximum absolute atomic E-state index is 12.2. The van der Waals surface area contributed by atoms with Gasteiger partial charge in [0, 0.05) is 19.4 Å². The highest BCUT2D eigenvalue weighted by Crippen LogP contribution is 2.42. The maximum atomic E-state index is 12.2. The molecule has 0 atom stereocenters. The van der Waals surface area contributed by atoms with Crippen LogP contribution >= 0.6 is 0 Å². The second-order valence-corrected chi connectivity index (χ2v) is 5.63. The molecule has 96 valence electrons. The van der Waals surface area contributed by atoms with E-state index in [0.717, 1.165) is 25.7 Å². The van der Waals surface area contributed by atoms with Crippen LogP contribution < -0.4 is 0 Å². The molecular formula is C14H23NO2. The van der Waals surface area contributed by atoms with Gasteiger partial charge in [0.25, 0.3) is 0 Å². The van der Waals surface area contributed by atoms with Crippen LogP contribution in [-0.4, -0.2) is 23.3 Å². The zero-order valence-corrected chi connectivity index (χ0v) is 10.8. The molecule has 1 aliphatic heterocycles. The van der Waals surface area contributed by atoms with Gasteiger partial charge in [0.05, 0.1) is 0 Å². The molecule has 2 aliphatic rings. The first-order valence-corrected chi connectivity index (χ1v) is 7.00. The van der Waals surface area contributed by atoms with E-state index in [2.05, 4.69) is 6.92 Å². The van der Waals surface area contributed by atoms with Gasteiger partial charge in [-0.25, -0.2) is 0 Å². The van der Waals surface area contributed by atoms with Crippen LogP contribution in [0.1, 0.15) is 64.7 Å². The smallest absolute Gasteiger partial charge is 0.229 e. The van der Waals surface area contributed by atoms with Crippen LogP contribution in [0, 0.1) is 5.41 Å². The normalized spacial score (nSPS) is 24.1. The maximum Gasteiger partial charge on any atom is 0.229 e. The van der Waals surface area contributed by atoms with E-state index >= 15 is 0 Å². The van der Waals surface area contributed by atoms with Gasteiger partial charge in [0.1, 0.15) is 0 Å². The van der Waals surface area contributed by atoms with E-state index in [1.165, 1.54) is 24.2 Å². The standard InChI is InChI=1S/C14H23NO2/c1-2-14(8-4-3-5-9-14)11-13(17)15-10-6-7-12(15)16/h2-11H2,1H3. The fourth-order valence-corrected chi connectivity index (χ4v) is 3.29. The Kier molecular flexibility index (Phi) is 3.85. The minimum absolute atomic E-state index is 0.0389. The third kappa shape index (κ3) is 2.70. The average molecular weight is 237 g/mol. The van der Waals surface area contributed by atoms with Crippen LogP contribution in [0.4, 0.5) is 0 Å². The minimum Gasteiger partial charge on any atom is -0.283 e. The number of hydrogen-bond acceptors (Lipinski definition) is 2. The number of nitrogens with zero attached hydrogens (tertiary/aromatic N) is 1. The van der Waals surface area contributed by atoms with Gasteiger partial charge in [-0.05, 0) is 31.1 Å². The lowest BCUT2D eigenvalue weighted by molar-refractivity contribution is -0.143. The van der Waals surface area contributed by atoms with E-state index in [1.807, 2.05) is 0 Å². The van der Waals surface area contributed by atoms with Crippen molar-refractivity contribution in [1.29, 1.82) is 0 Å². The Labute approximate surface area is 104 Å². The number of carbonyl (C=O) groups is 2. The Morgan fingerprint density at radius 2 is 1.94 bits per heavy atom. The largest absolute Gasteiger partial charge is 0.283 e. The van der Waals surface area contributed by atoms with Gasteiger partial charge in [-0.3, -0.25) is 14.5 Å². The molecule has 2 fully saturated rings. The number of amides is 2.